The zero-order valence-corrected chi connectivity index (χ0v) is 78.6. The van der Waals surface area contributed by atoms with E-state index in [0.717, 1.165) is 0 Å². The highest BCUT2D eigenvalue weighted by atomic mass is 32.2. The minimum absolute atomic E-state index is 0.159. The van der Waals surface area contributed by atoms with Crippen LogP contribution in [0.15, 0.2) is 59.5 Å². The lowest BCUT2D eigenvalue weighted by Crippen LogP contribution is -2.13. The van der Waals surface area contributed by atoms with E-state index in [0.29, 0.717) is 11.3 Å². The molecule has 1 N–H and O–H groups in total. The van der Waals surface area contributed by atoms with Gasteiger partial charge in [-0.15, -0.1) is 0 Å². The largest absolute Gasteiger partial charge is 0.462 e. The molecule has 0 fully saturated rings. The summed E-state index contributed by atoms with van der Waals surface area (Å²) < 4.78 is 31.7. The van der Waals surface area contributed by atoms with Crippen molar-refractivity contribution in [2.45, 2.75) is 610 Å². The Morgan fingerprint density at radius 1 is 0.219 bits per heavy atom. The highest BCUT2D eigenvalue weighted by Gasteiger charge is 2.15. The first-order valence-corrected chi connectivity index (χ1v) is 54.3. The van der Waals surface area contributed by atoms with Crippen LogP contribution in [0.2, 0.25) is 0 Å². The quantitative estimate of drug-likeness (QED) is 0.0529. The smallest absolute Gasteiger partial charge is 0.338 e. The van der Waals surface area contributed by atoms with Crippen LogP contribution in [0.5, 0.6) is 0 Å². The minimum Gasteiger partial charge on any atom is -0.462 e. The molecule has 670 valence electrons. The van der Waals surface area contributed by atoms with Crippen molar-refractivity contribution in [3.63, 3.8) is 0 Å². The summed E-state index contributed by atoms with van der Waals surface area (Å²) in [6.45, 7) is 6.61. The van der Waals surface area contributed by atoms with Crippen molar-refractivity contribution in [1.82, 2.24) is 0 Å². The molecule has 0 aromatic heterocycles. The number of benzene rings is 2. The van der Waals surface area contributed by atoms with Crippen LogP contribution >= 0.6 is 0 Å². The second-order valence-corrected chi connectivity index (χ2v) is 38.4. The Balaban J connectivity index is 0.00000263. The number of hydrogen-bond donors (Lipinski definition) is 1. The first kappa shape index (κ1) is 110. The Labute approximate surface area is 716 Å². The van der Waals surface area contributed by atoms with E-state index < -0.39 is 16.0 Å². The molecule has 0 amide bonds. The van der Waals surface area contributed by atoms with Crippen LogP contribution in [0.3, 0.4) is 0 Å². The van der Waals surface area contributed by atoms with Crippen molar-refractivity contribution >= 4 is 21.7 Å². The molecule has 0 spiro atoms. The molecule has 0 aliphatic heterocycles. The van der Waals surface area contributed by atoms with Crippen LogP contribution in [0, 0.1) is 0 Å². The molecule has 5 nitrogen and oxygen atoms in total. The van der Waals surface area contributed by atoms with Crippen LogP contribution in [0.25, 0.3) is 0 Å². The first-order valence-electron chi connectivity index (χ1n) is 52.8. The van der Waals surface area contributed by atoms with E-state index in [1.165, 1.54) is 602 Å². The van der Waals surface area contributed by atoms with Crippen molar-refractivity contribution in [2.75, 3.05) is 11.3 Å². The lowest BCUT2D eigenvalue weighted by molar-refractivity contribution is 0.0526. The zero-order valence-electron chi connectivity index (χ0n) is 77.8. The molecule has 114 heavy (non-hydrogen) atoms. The maximum absolute atomic E-state index is 12.2. The van der Waals surface area contributed by atoms with Crippen LogP contribution in [-0.4, -0.2) is 21.0 Å². The summed E-state index contributed by atoms with van der Waals surface area (Å²) in [5.41, 5.74) is 0.606. The van der Waals surface area contributed by atoms with Gasteiger partial charge in [0.1, 0.15) is 0 Å². The zero-order chi connectivity index (χ0) is 81.6. The minimum atomic E-state index is -3.67. The van der Waals surface area contributed by atoms with Gasteiger partial charge in [0.25, 0.3) is 10.0 Å². The van der Waals surface area contributed by atoms with Gasteiger partial charge in [0.05, 0.1) is 17.1 Å². The van der Waals surface area contributed by atoms with Gasteiger partial charge in [-0.25, -0.2) is 13.2 Å². The highest BCUT2D eigenvalue weighted by molar-refractivity contribution is 7.92. The van der Waals surface area contributed by atoms with Gasteiger partial charge in [0.2, 0.25) is 0 Å². The van der Waals surface area contributed by atoms with E-state index in [1.807, 2.05) is 0 Å². The second-order valence-electron chi connectivity index (χ2n) is 36.7. The second kappa shape index (κ2) is 94.5. The Hall–Kier alpha value is -2.34. The topological polar surface area (TPSA) is 72.5 Å². The van der Waals surface area contributed by atoms with E-state index in [9.17, 15) is 13.2 Å². The maximum atomic E-state index is 12.2. The summed E-state index contributed by atoms with van der Waals surface area (Å²) in [5, 5.41) is 0. The molecule has 0 bridgehead atoms. The van der Waals surface area contributed by atoms with Crippen LogP contribution in [-0.2, 0) is 14.8 Å². The van der Waals surface area contributed by atoms with Gasteiger partial charge in [0.15, 0.2) is 0 Å². The number of sulfonamides is 1. The Bertz CT molecular complexity index is 2140. The molecule has 2 rings (SSSR count). The number of esters is 1. The van der Waals surface area contributed by atoms with E-state index in [1.54, 1.807) is 43.3 Å². The van der Waals surface area contributed by atoms with Gasteiger partial charge < -0.3 is 4.74 Å². The number of carbonyl (C=O) groups excluding carboxylic acids is 1. The average Bonchev–Trinajstić information content (AvgIpc) is 0.830. The molecule has 2 aromatic carbocycles. The van der Waals surface area contributed by atoms with E-state index in [4.69, 9.17) is 4.74 Å². The third-order valence-corrected chi connectivity index (χ3v) is 26.8. The first-order chi connectivity index (χ1) is 56.4. The van der Waals surface area contributed by atoms with Crippen LogP contribution < -0.4 is 4.72 Å². The summed E-state index contributed by atoms with van der Waals surface area (Å²) >= 11 is 0. The summed E-state index contributed by atoms with van der Waals surface area (Å²) in [4.78, 5) is 11.8. The molecule has 0 heterocycles. The standard InChI is InChI=1S/C93H188.C15H15NO4S/c1-3-5-7-9-11-13-15-17-19-21-23-25-27-29-31-33-35-37-39-41-43-45-47-49-51-53-55-57-59-61-63-65-67-69-71-73-75-77-79-81-83-85-87-89-91-93-92-90-88-86-84-82-80-78-76-74-72-70-68-66-64-62-60-58-56-54-52-50-48-46-44-42-40-38-36-34-32-30-28-26-24-22-20-18-16-14-12-10-8-6-4-2;1-2-20-15(17)12-7-6-8-13(11-12)16-21(18,19)14-9-4-3-5-10-14/h3-93H2,1-2H3;3-11,16H,2H2,1H3. The summed E-state index contributed by atoms with van der Waals surface area (Å²) in [6.07, 6.45) is 136. The molecule has 0 aliphatic rings. The predicted molar refractivity (Wildman–Crippen MR) is 511 cm³/mol. The third kappa shape index (κ3) is 84.7. The lowest BCUT2D eigenvalue weighted by Gasteiger charge is -2.09. The van der Waals surface area contributed by atoms with Crippen LogP contribution in [0.1, 0.15) is 615 Å². The SMILES string of the molecule is CCCCCCCCCCCCCCCCCCCCCCCCCCCCCCCCCCCCCCCCCCCCCCCCCCCCCCCCCCCCCCCCCCCCCCCCCCCCCCCCCCCCCCCCCCCCC.CCOC(=O)c1cccc(NS(=O)(=O)c2ccccc2)c1. The molecule has 0 unspecified atom stereocenters. The maximum Gasteiger partial charge on any atom is 0.338 e. The number of nitrogens with one attached hydrogen (secondary N) is 1. The average molecular weight is 1610 g/mol. The van der Waals surface area contributed by atoms with E-state index in [-0.39, 0.29) is 11.5 Å². The van der Waals surface area contributed by atoms with Crippen LogP contribution in [0.4, 0.5) is 5.69 Å². The Morgan fingerprint density at radius 3 is 0.526 bits per heavy atom. The monoisotopic (exact) mass is 1610 g/mol. The molecule has 0 saturated heterocycles. The molecule has 0 aliphatic carbocycles. The van der Waals surface area contributed by atoms with Gasteiger partial charge in [-0.3, -0.25) is 4.72 Å². The number of carbonyl (C=O) groups is 1. The number of unbranched alkanes of at least 4 members (excludes halogenated alkanes) is 90. The summed E-state index contributed by atoms with van der Waals surface area (Å²) in [6, 6.07) is 14.2. The lowest BCUT2D eigenvalue weighted by atomic mass is 10.0. The molecular formula is C108H203NO4S. The summed E-state index contributed by atoms with van der Waals surface area (Å²) in [5.74, 6) is -0.488. The molecular weight excluding hydrogens is 1410 g/mol. The van der Waals surface area contributed by atoms with E-state index in [2.05, 4.69) is 18.6 Å². The summed E-state index contributed by atoms with van der Waals surface area (Å²) in [7, 11) is -3.67. The molecule has 0 saturated carbocycles. The van der Waals surface area contributed by atoms with Crippen molar-refractivity contribution in [2.24, 2.45) is 0 Å². The van der Waals surface area contributed by atoms with Crippen molar-refractivity contribution in [3.05, 3.63) is 60.2 Å². The predicted octanol–water partition coefficient (Wildman–Crippen LogP) is 39.2. The molecule has 6 heteroatoms. The number of hydrogen-bond acceptors (Lipinski definition) is 4. The van der Waals surface area contributed by atoms with Crippen molar-refractivity contribution in [3.8, 4) is 0 Å². The van der Waals surface area contributed by atoms with Gasteiger partial charge in [0, 0.05) is 5.69 Å². The number of ether oxygens (including phenoxy) is 1. The highest BCUT2D eigenvalue weighted by Crippen LogP contribution is 2.25. The van der Waals surface area contributed by atoms with Crippen molar-refractivity contribution < 1.29 is 17.9 Å². The van der Waals surface area contributed by atoms with E-state index >= 15 is 0 Å². The van der Waals surface area contributed by atoms with Gasteiger partial charge >= 0.3 is 5.97 Å². The normalized spacial score (nSPS) is 11.6. The van der Waals surface area contributed by atoms with Gasteiger partial charge in [-0.05, 0) is 37.3 Å². The fraction of sp³-hybridized carbons (Fsp3) is 0.880. The fourth-order valence-electron chi connectivity index (χ4n) is 17.6. The Morgan fingerprint density at radius 2 is 0.377 bits per heavy atom. The Kier molecular flexibility index (Phi) is 90.9. The van der Waals surface area contributed by atoms with Gasteiger partial charge in [-0.1, -0.05) is 622 Å². The molecule has 0 radical (unpaired) electrons. The van der Waals surface area contributed by atoms with Gasteiger partial charge in [-0.2, -0.15) is 0 Å². The number of rotatable bonds is 95. The molecule has 0 atom stereocenters. The fourth-order valence-corrected chi connectivity index (χ4v) is 18.7. The van der Waals surface area contributed by atoms with Crippen molar-refractivity contribution in [1.29, 1.82) is 0 Å². The molecule has 2 aromatic rings. The third-order valence-electron chi connectivity index (χ3n) is 25.4. The number of anilines is 1.